The number of hydrogen-bond donors (Lipinski definition) is 0. The van der Waals surface area contributed by atoms with Crippen molar-refractivity contribution >= 4 is 49.1 Å². The van der Waals surface area contributed by atoms with Gasteiger partial charge < -0.3 is 0 Å². The lowest BCUT2D eigenvalue weighted by Crippen LogP contribution is -1.86. The number of halogens is 1. The molecule has 4 rings (SSSR count). The number of allylic oxidation sites excluding steroid dienone is 1. The molecule has 0 N–H and O–H groups in total. The first kappa shape index (κ1) is 15.6. The molecule has 0 radical (unpaired) electrons. The van der Waals surface area contributed by atoms with Gasteiger partial charge in [0.25, 0.3) is 0 Å². The Morgan fingerprint density at radius 3 is 1.92 bits per heavy atom. The molecule has 0 aromatic heterocycles. The predicted octanol–water partition coefficient (Wildman–Crippen LogP) is 6.82. The van der Waals surface area contributed by atoms with Crippen molar-refractivity contribution in [3.05, 3.63) is 94.5 Å². The maximum Gasteiger partial charge on any atom is 0.0998 e. The van der Waals surface area contributed by atoms with E-state index in [9.17, 15) is 5.26 Å². The molecule has 0 unspecified atom stereocenters. The lowest BCUT2D eigenvalue weighted by molar-refractivity contribution is 1.52. The molecule has 4 aromatic carbocycles. The Balaban J connectivity index is 2.03. The predicted molar refractivity (Wildman–Crippen MR) is 109 cm³/mol. The van der Waals surface area contributed by atoms with Crippen LogP contribution in [0.15, 0.2) is 83.3 Å². The van der Waals surface area contributed by atoms with Crippen LogP contribution >= 0.6 is 15.9 Å². The Morgan fingerprint density at radius 2 is 1.36 bits per heavy atom. The maximum absolute atomic E-state index is 9.72. The minimum atomic E-state index is 0.661. The van der Waals surface area contributed by atoms with Crippen LogP contribution in [0.4, 0.5) is 0 Å². The van der Waals surface area contributed by atoms with E-state index < -0.39 is 0 Å². The topological polar surface area (TPSA) is 23.8 Å². The number of rotatable bonds is 2. The molecule has 0 spiro atoms. The third-order valence-corrected chi connectivity index (χ3v) is 4.91. The van der Waals surface area contributed by atoms with E-state index >= 15 is 0 Å². The minimum Gasteiger partial charge on any atom is -0.192 e. The molecule has 2 heteroatoms. The monoisotopic (exact) mass is 383 g/mol. The van der Waals surface area contributed by atoms with E-state index in [0.29, 0.717) is 5.57 Å². The number of benzene rings is 4. The molecular weight excluding hydrogens is 370 g/mol. The van der Waals surface area contributed by atoms with Crippen LogP contribution in [0.5, 0.6) is 0 Å². The lowest BCUT2D eigenvalue weighted by Gasteiger charge is -2.09. The van der Waals surface area contributed by atoms with Crippen molar-refractivity contribution in [3.63, 3.8) is 0 Å². The van der Waals surface area contributed by atoms with E-state index in [1.165, 1.54) is 10.8 Å². The van der Waals surface area contributed by atoms with Crippen molar-refractivity contribution in [3.8, 4) is 6.07 Å². The summed E-state index contributed by atoms with van der Waals surface area (Å²) in [4.78, 5) is 0. The van der Waals surface area contributed by atoms with Gasteiger partial charge >= 0.3 is 0 Å². The SMILES string of the molecule is N#C/C(=C\c1c2ccccc2cc2ccccc12)c1ccc(Br)cc1. The fourth-order valence-electron chi connectivity index (χ4n) is 3.16. The van der Waals surface area contributed by atoms with E-state index in [0.717, 1.165) is 26.4 Å². The Bertz CT molecular complexity index is 1090. The van der Waals surface area contributed by atoms with Crippen molar-refractivity contribution in [2.24, 2.45) is 0 Å². The molecule has 0 saturated heterocycles. The Kier molecular flexibility index (Phi) is 4.09. The van der Waals surface area contributed by atoms with Gasteiger partial charge in [-0.1, -0.05) is 76.6 Å². The van der Waals surface area contributed by atoms with Crippen LogP contribution in [-0.4, -0.2) is 0 Å². The first-order valence-electron chi connectivity index (χ1n) is 8.04. The number of nitrogens with zero attached hydrogens (tertiary/aromatic N) is 1. The standard InChI is InChI=1S/C23H14BrN/c24-20-11-9-16(10-12-20)19(15-25)14-23-21-7-3-1-5-17(21)13-18-6-2-4-8-22(18)23/h1-14H/b19-14+. The first-order valence-corrected chi connectivity index (χ1v) is 8.84. The second-order valence-corrected chi connectivity index (χ2v) is 6.82. The van der Waals surface area contributed by atoms with E-state index in [4.69, 9.17) is 0 Å². The molecule has 1 nitrogen and oxygen atoms in total. The van der Waals surface area contributed by atoms with Crippen LogP contribution in [0.3, 0.4) is 0 Å². The normalized spacial score (nSPS) is 11.6. The molecule has 0 bridgehead atoms. The van der Waals surface area contributed by atoms with Gasteiger partial charge in [-0.15, -0.1) is 0 Å². The van der Waals surface area contributed by atoms with Crippen molar-refractivity contribution < 1.29 is 0 Å². The van der Waals surface area contributed by atoms with E-state index in [1.54, 1.807) is 0 Å². The van der Waals surface area contributed by atoms with Crippen molar-refractivity contribution in [1.82, 2.24) is 0 Å². The van der Waals surface area contributed by atoms with Crippen LogP contribution in [0.1, 0.15) is 11.1 Å². The summed E-state index contributed by atoms with van der Waals surface area (Å²) < 4.78 is 1.00. The largest absolute Gasteiger partial charge is 0.192 e. The van der Waals surface area contributed by atoms with Gasteiger partial charge in [-0.25, -0.2) is 0 Å². The number of fused-ring (bicyclic) bond motifs is 2. The summed E-state index contributed by atoms with van der Waals surface area (Å²) in [5.41, 5.74) is 2.67. The summed E-state index contributed by atoms with van der Waals surface area (Å²) in [6, 6.07) is 29.1. The fraction of sp³-hybridized carbons (Fsp3) is 0. The summed E-state index contributed by atoms with van der Waals surface area (Å²) >= 11 is 3.45. The highest BCUT2D eigenvalue weighted by Gasteiger charge is 2.08. The minimum absolute atomic E-state index is 0.661. The Labute approximate surface area is 155 Å². The summed E-state index contributed by atoms with van der Waals surface area (Å²) in [5, 5.41) is 14.4. The summed E-state index contributed by atoms with van der Waals surface area (Å²) in [7, 11) is 0. The highest BCUT2D eigenvalue weighted by Crippen LogP contribution is 2.31. The Morgan fingerprint density at radius 1 is 0.800 bits per heavy atom. The van der Waals surface area contributed by atoms with Crippen LogP contribution in [0.25, 0.3) is 33.2 Å². The molecule has 0 fully saturated rings. The smallest absolute Gasteiger partial charge is 0.0998 e. The highest BCUT2D eigenvalue weighted by atomic mass is 79.9. The molecule has 4 aromatic rings. The lowest BCUT2D eigenvalue weighted by atomic mass is 9.94. The van der Waals surface area contributed by atoms with Gasteiger partial charge in [0.1, 0.15) is 0 Å². The van der Waals surface area contributed by atoms with E-state index in [2.05, 4.69) is 52.3 Å². The van der Waals surface area contributed by atoms with Crippen molar-refractivity contribution in [2.75, 3.05) is 0 Å². The van der Waals surface area contributed by atoms with Crippen LogP contribution in [0, 0.1) is 11.3 Å². The molecule has 0 saturated carbocycles. The summed E-state index contributed by atoms with van der Waals surface area (Å²) in [5.74, 6) is 0. The quantitative estimate of drug-likeness (QED) is 0.211. The van der Waals surface area contributed by atoms with Crippen LogP contribution in [0.2, 0.25) is 0 Å². The van der Waals surface area contributed by atoms with E-state index in [-0.39, 0.29) is 0 Å². The summed E-state index contributed by atoms with van der Waals surface area (Å²) in [6.45, 7) is 0. The highest BCUT2D eigenvalue weighted by molar-refractivity contribution is 9.10. The molecule has 0 atom stereocenters. The molecule has 0 aliphatic rings. The van der Waals surface area contributed by atoms with Gasteiger partial charge in [-0.2, -0.15) is 5.26 Å². The number of hydrogen-bond acceptors (Lipinski definition) is 1. The van der Waals surface area contributed by atoms with Gasteiger partial charge in [-0.05, 0) is 56.9 Å². The third-order valence-electron chi connectivity index (χ3n) is 4.38. The molecular formula is C23H14BrN. The third kappa shape index (κ3) is 2.95. The molecule has 0 heterocycles. The first-order chi connectivity index (χ1) is 12.3. The molecule has 0 amide bonds. The van der Waals surface area contributed by atoms with Gasteiger partial charge in [0.05, 0.1) is 11.6 Å². The molecule has 118 valence electrons. The second kappa shape index (κ2) is 6.55. The molecule has 0 aliphatic heterocycles. The zero-order valence-corrected chi connectivity index (χ0v) is 15.0. The Hall–Kier alpha value is -2.89. The molecule has 25 heavy (non-hydrogen) atoms. The zero-order valence-electron chi connectivity index (χ0n) is 13.4. The summed E-state index contributed by atoms with van der Waals surface area (Å²) in [6.07, 6.45) is 2.01. The second-order valence-electron chi connectivity index (χ2n) is 5.91. The average molecular weight is 384 g/mol. The van der Waals surface area contributed by atoms with Crippen molar-refractivity contribution in [2.45, 2.75) is 0 Å². The van der Waals surface area contributed by atoms with Gasteiger partial charge in [-0.3, -0.25) is 0 Å². The zero-order chi connectivity index (χ0) is 17.2. The van der Waals surface area contributed by atoms with Crippen LogP contribution in [-0.2, 0) is 0 Å². The maximum atomic E-state index is 9.72. The number of nitriles is 1. The fourth-order valence-corrected chi connectivity index (χ4v) is 3.42. The molecule has 0 aliphatic carbocycles. The van der Waals surface area contributed by atoms with E-state index in [1.807, 2.05) is 54.6 Å². The average Bonchev–Trinajstić information content (AvgIpc) is 2.66. The van der Waals surface area contributed by atoms with Gasteiger partial charge in [0.2, 0.25) is 0 Å². The van der Waals surface area contributed by atoms with Crippen LogP contribution < -0.4 is 0 Å². The van der Waals surface area contributed by atoms with Crippen molar-refractivity contribution in [1.29, 1.82) is 5.26 Å². The van der Waals surface area contributed by atoms with Gasteiger partial charge in [0, 0.05) is 4.47 Å². The van der Waals surface area contributed by atoms with Gasteiger partial charge in [0.15, 0.2) is 0 Å².